The van der Waals surface area contributed by atoms with E-state index in [9.17, 15) is 13.6 Å². The lowest BCUT2D eigenvalue weighted by molar-refractivity contribution is -0.117. The first-order chi connectivity index (χ1) is 10.3. The summed E-state index contributed by atoms with van der Waals surface area (Å²) in [5, 5.41) is 6.70. The van der Waals surface area contributed by atoms with Gasteiger partial charge in [-0.05, 0) is 47.5 Å². The van der Waals surface area contributed by atoms with Gasteiger partial charge in [-0.25, -0.2) is 0 Å². The molecule has 2 aromatic rings. The molecule has 1 heterocycles. The van der Waals surface area contributed by atoms with Crippen LogP contribution in [0.2, 0.25) is 0 Å². The normalized spacial score (nSPS) is 10.8. The zero-order chi connectivity index (χ0) is 16.3. The molecule has 0 aliphatic heterocycles. The number of hydrogen-bond donors (Lipinski definition) is 1. The molecule has 1 amide bonds. The maximum Gasteiger partial charge on any atom is 0.387 e. The number of aryl methyl sites for hydroxylation is 2. The number of nitrogens with one attached hydrogen (secondary N) is 1. The summed E-state index contributed by atoms with van der Waals surface area (Å²) in [4.78, 5) is 12.0. The van der Waals surface area contributed by atoms with Crippen molar-refractivity contribution in [2.24, 2.45) is 0 Å². The highest BCUT2D eigenvalue weighted by atomic mass is 79.9. The summed E-state index contributed by atoms with van der Waals surface area (Å²) < 4.78 is 31.4. The number of aromatic nitrogens is 2. The van der Waals surface area contributed by atoms with Crippen molar-refractivity contribution >= 4 is 27.5 Å². The van der Waals surface area contributed by atoms with Crippen LogP contribution in [0.15, 0.2) is 28.9 Å². The molecule has 0 spiro atoms. The monoisotopic (exact) mass is 373 g/mol. The number of carbonyl (C=O) groups excluding carboxylic acids is 1. The number of anilines is 1. The summed E-state index contributed by atoms with van der Waals surface area (Å²) in [7, 11) is 0. The third-order valence-corrected chi connectivity index (χ3v) is 3.60. The maximum absolute atomic E-state index is 12.4. The van der Waals surface area contributed by atoms with Gasteiger partial charge in [-0.15, -0.1) is 0 Å². The Hall–Kier alpha value is -1.96. The van der Waals surface area contributed by atoms with Crippen LogP contribution < -0.4 is 10.1 Å². The van der Waals surface area contributed by atoms with Crippen LogP contribution in [0.5, 0.6) is 5.75 Å². The van der Waals surface area contributed by atoms with Gasteiger partial charge in [0, 0.05) is 6.20 Å². The van der Waals surface area contributed by atoms with Gasteiger partial charge in [0.2, 0.25) is 5.91 Å². The molecule has 8 heteroatoms. The minimum Gasteiger partial charge on any atom is -0.433 e. The van der Waals surface area contributed by atoms with Gasteiger partial charge in [0.25, 0.3) is 0 Å². The van der Waals surface area contributed by atoms with Gasteiger partial charge in [0.1, 0.15) is 12.3 Å². The van der Waals surface area contributed by atoms with Crippen molar-refractivity contribution in [1.29, 1.82) is 0 Å². The van der Waals surface area contributed by atoms with Crippen LogP contribution in [-0.4, -0.2) is 22.3 Å². The van der Waals surface area contributed by atoms with Crippen LogP contribution >= 0.6 is 15.9 Å². The SMILES string of the molecule is Cc1ccc(OC(F)F)c(NC(=O)Cn2cc(Br)c(C)n2)c1. The molecule has 5 nitrogen and oxygen atoms in total. The Kier molecular flexibility index (Phi) is 5.12. The average molecular weight is 374 g/mol. The van der Waals surface area contributed by atoms with Crippen molar-refractivity contribution in [3.8, 4) is 5.75 Å². The molecule has 118 valence electrons. The number of rotatable bonds is 5. The molecule has 0 atom stereocenters. The summed E-state index contributed by atoms with van der Waals surface area (Å²) in [5.41, 5.74) is 1.77. The molecule has 0 bridgehead atoms. The van der Waals surface area contributed by atoms with Crippen LogP contribution in [0.3, 0.4) is 0 Å². The smallest absolute Gasteiger partial charge is 0.387 e. The Balaban J connectivity index is 2.11. The lowest BCUT2D eigenvalue weighted by Crippen LogP contribution is -2.20. The molecule has 0 saturated carbocycles. The van der Waals surface area contributed by atoms with Gasteiger partial charge >= 0.3 is 6.61 Å². The summed E-state index contributed by atoms with van der Waals surface area (Å²) in [6.07, 6.45) is 1.67. The van der Waals surface area contributed by atoms with Gasteiger partial charge in [-0.1, -0.05) is 6.07 Å². The van der Waals surface area contributed by atoms with E-state index < -0.39 is 6.61 Å². The summed E-state index contributed by atoms with van der Waals surface area (Å²) in [6.45, 7) is 0.598. The maximum atomic E-state index is 12.4. The number of nitrogens with zero attached hydrogens (tertiary/aromatic N) is 2. The van der Waals surface area contributed by atoms with Crippen LogP contribution in [0.25, 0.3) is 0 Å². The number of hydrogen-bond acceptors (Lipinski definition) is 3. The molecule has 1 aromatic heterocycles. The molecule has 2 rings (SSSR count). The molecule has 1 N–H and O–H groups in total. The van der Waals surface area contributed by atoms with Crippen LogP contribution in [-0.2, 0) is 11.3 Å². The van der Waals surface area contributed by atoms with E-state index in [4.69, 9.17) is 0 Å². The molecular formula is C14H14BrF2N3O2. The molecule has 1 aromatic carbocycles. The van der Waals surface area contributed by atoms with Crippen molar-refractivity contribution in [2.45, 2.75) is 27.0 Å². The average Bonchev–Trinajstić information content (AvgIpc) is 2.71. The molecule has 0 fully saturated rings. The van der Waals surface area contributed by atoms with Crippen LogP contribution in [0.4, 0.5) is 14.5 Å². The van der Waals surface area contributed by atoms with Crippen molar-refractivity contribution in [3.05, 3.63) is 40.1 Å². The molecular weight excluding hydrogens is 360 g/mol. The highest BCUT2D eigenvalue weighted by Gasteiger charge is 2.13. The fourth-order valence-electron chi connectivity index (χ4n) is 1.85. The number of benzene rings is 1. The quantitative estimate of drug-likeness (QED) is 0.872. The Morgan fingerprint density at radius 3 is 2.77 bits per heavy atom. The first kappa shape index (κ1) is 16.4. The van der Waals surface area contributed by atoms with Crippen LogP contribution in [0.1, 0.15) is 11.3 Å². The van der Waals surface area contributed by atoms with E-state index in [1.807, 2.05) is 0 Å². The third-order valence-electron chi connectivity index (χ3n) is 2.82. The Labute approximate surface area is 134 Å². The van der Waals surface area contributed by atoms with E-state index in [0.29, 0.717) is 0 Å². The fourth-order valence-corrected chi connectivity index (χ4v) is 2.17. The molecule has 0 saturated heterocycles. The molecule has 0 radical (unpaired) electrons. The van der Waals surface area contributed by atoms with E-state index >= 15 is 0 Å². The number of halogens is 3. The fraction of sp³-hybridized carbons (Fsp3) is 0.286. The number of ether oxygens (including phenoxy) is 1. The van der Waals surface area contributed by atoms with Crippen molar-refractivity contribution in [2.75, 3.05) is 5.32 Å². The van der Waals surface area contributed by atoms with Gasteiger partial charge in [-0.2, -0.15) is 13.9 Å². The minimum atomic E-state index is -2.96. The second kappa shape index (κ2) is 6.87. The van der Waals surface area contributed by atoms with Crippen molar-refractivity contribution in [1.82, 2.24) is 9.78 Å². The Bertz CT molecular complexity index is 669. The van der Waals surface area contributed by atoms with E-state index in [0.717, 1.165) is 15.7 Å². The number of amides is 1. The van der Waals surface area contributed by atoms with Gasteiger partial charge in [-0.3, -0.25) is 9.48 Å². The van der Waals surface area contributed by atoms with E-state index in [2.05, 4.69) is 31.1 Å². The minimum absolute atomic E-state index is 0.0332. The number of alkyl halides is 2. The van der Waals surface area contributed by atoms with Gasteiger partial charge < -0.3 is 10.1 Å². The highest BCUT2D eigenvalue weighted by Crippen LogP contribution is 2.27. The highest BCUT2D eigenvalue weighted by molar-refractivity contribution is 9.10. The first-order valence-corrected chi connectivity index (χ1v) is 7.19. The van der Waals surface area contributed by atoms with E-state index in [1.165, 1.54) is 10.7 Å². The Morgan fingerprint density at radius 2 is 2.18 bits per heavy atom. The molecule has 0 unspecified atom stereocenters. The lowest BCUT2D eigenvalue weighted by atomic mass is 10.2. The Morgan fingerprint density at radius 1 is 1.45 bits per heavy atom. The summed E-state index contributed by atoms with van der Waals surface area (Å²) in [5.74, 6) is -0.466. The predicted octanol–water partition coefficient (Wildman–Crippen LogP) is 3.50. The van der Waals surface area contributed by atoms with E-state index in [1.54, 1.807) is 32.2 Å². The van der Waals surface area contributed by atoms with Gasteiger partial charge in [0.05, 0.1) is 15.9 Å². The zero-order valence-corrected chi connectivity index (χ0v) is 13.5. The summed E-state index contributed by atoms with van der Waals surface area (Å²) >= 11 is 3.30. The second-order valence-corrected chi connectivity index (χ2v) is 5.54. The van der Waals surface area contributed by atoms with Gasteiger partial charge in [0.15, 0.2) is 0 Å². The molecule has 0 aliphatic carbocycles. The topological polar surface area (TPSA) is 56.1 Å². The summed E-state index contributed by atoms with van der Waals surface area (Å²) in [6, 6.07) is 4.59. The third kappa shape index (κ3) is 4.27. The second-order valence-electron chi connectivity index (χ2n) is 4.69. The standard InChI is InChI=1S/C14H14BrF2N3O2/c1-8-3-4-12(22-14(16)17)11(5-8)18-13(21)7-20-6-10(15)9(2)19-20/h3-6,14H,7H2,1-2H3,(H,18,21). The zero-order valence-electron chi connectivity index (χ0n) is 11.9. The molecule has 0 aliphatic rings. The van der Waals surface area contributed by atoms with Crippen LogP contribution in [0, 0.1) is 13.8 Å². The molecule has 22 heavy (non-hydrogen) atoms. The number of carbonyl (C=O) groups is 1. The first-order valence-electron chi connectivity index (χ1n) is 6.40. The largest absolute Gasteiger partial charge is 0.433 e. The lowest BCUT2D eigenvalue weighted by Gasteiger charge is -2.12. The predicted molar refractivity (Wildman–Crippen MR) is 81.1 cm³/mol. The van der Waals surface area contributed by atoms with Crippen molar-refractivity contribution in [3.63, 3.8) is 0 Å². The van der Waals surface area contributed by atoms with Crippen molar-refractivity contribution < 1.29 is 18.3 Å². The van der Waals surface area contributed by atoms with E-state index in [-0.39, 0.29) is 23.9 Å².